The fourth-order valence-corrected chi connectivity index (χ4v) is 3.54. The predicted molar refractivity (Wildman–Crippen MR) is 73.1 cm³/mol. The van der Waals surface area contributed by atoms with E-state index in [1.165, 1.54) is 21.7 Å². The molecule has 2 nitrogen and oxygen atoms in total. The number of thiazole rings is 1. The van der Waals surface area contributed by atoms with E-state index in [-0.39, 0.29) is 6.10 Å². The fraction of sp³-hybridized carbons (Fsp3) is 0.308. The molecule has 0 fully saturated rings. The molecule has 0 unspecified atom stereocenters. The highest BCUT2D eigenvalue weighted by atomic mass is 32.1. The summed E-state index contributed by atoms with van der Waals surface area (Å²) in [5, 5.41) is 0. The maximum Gasteiger partial charge on any atom is 0.197 e. The molecule has 2 aromatic rings. The van der Waals surface area contributed by atoms with Gasteiger partial charge in [0, 0.05) is 6.42 Å². The zero-order chi connectivity index (χ0) is 12.0. The number of fused-ring (bicyclic) bond motifs is 3. The molecule has 1 aliphatic rings. The van der Waals surface area contributed by atoms with Crippen molar-refractivity contribution in [3.8, 4) is 10.4 Å². The second kappa shape index (κ2) is 3.96. The lowest BCUT2D eigenvalue weighted by Crippen LogP contribution is -2.20. The molecule has 0 atom stereocenters. The molecule has 0 radical (unpaired) electrons. The molecule has 1 aliphatic carbocycles. The Morgan fingerprint density at radius 3 is 2.88 bits per heavy atom. The smallest absolute Gasteiger partial charge is 0.197 e. The van der Waals surface area contributed by atoms with Crippen LogP contribution in [0.3, 0.4) is 0 Å². The van der Waals surface area contributed by atoms with E-state index in [0.29, 0.717) is 0 Å². The van der Waals surface area contributed by atoms with Gasteiger partial charge in [-0.3, -0.25) is 0 Å². The summed E-state index contributed by atoms with van der Waals surface area (Å²) in [6.45, 7) is 4.04. The van der Waals surface area contributed by atoms with Gasteiger partial charge in [0.25, 0.3) is 0 Å². The van der Waals surface area contributed by atoms with E-state index in [4.69, 9.17) is 17.1 Å². The molecule has 0 saturated carbocycles. The first-order chi connectivity index (χ1) is 8.16. The van der Waals surface area contributed by atoms with Crippen LogP contribution in [0.1, 0.15) is 25.1 Å². The molecule has 0 amide bonds. The highest BCUT2D eigenvalue weighted by Gasteiger charge is 2.25. The third-order valence-electron chi connectivity index (χ3n) is 2.80. The van der Waals surface area contributed by atoms with Gasteiger partial charge in [-0.2, -0.15) is 4.73 Å². The maximum absolute atomic E-state index is 5.78. The molecule has 0 N–H and O–H groups in total. The van der Waals surface area contributed by atoms with E-state index < -0.39 is 0 Å². The summed E-state index contributed by atoms with van der Waals surface area (Å²) >= 11 is 7.01. The van der Waals surface area contributed by atoms with E-state index >= 15 is 0 Å². The van der Waals surface area contributed by atoms with Crippen molar-refractivity contribution in [3.05, 3.63) is 39.5 Å². The topological polar surface area (TPSA) is 14.2 Å². The summed E-state index contributed by atoms with van der Waals surface area (Å²) in [6, 6.07) is 8.49. The normalized spacial score (nSPS) is 12.6. The summed E-state index contributed by atoms with van der Waals surface area (Å²) in [4.78, 5) is 7.05. The van der Waals surface area contributed by atoms with Crippen LogP contribution in [-0.2, 0) is 6.42 Å². The van der Waals surface area contributed by atoms with Crippen molar-refractivity contribution < 1.29 is 4.84 Å². The summed E-state index contributed by atoms with van der Waals surface area (Å²) in [7, 11) is 0. The lowest BCUT2D eigenvalue weighted by molar-refractivity contribution is 0.0548. The van der Waals surface area contributed by atoms with E-state index in [2.05, 4.69) is 24.3 Å². The molecule has 17 heavy (non-hydrogen) atoms. The average Bonchev–Trinajstić information content (AvgIpc) is 2.77. The molecule has 0 saturated heterocycles. The van der Waals surface area contributed by atoms with Crippen molar-refractivity contribution >= 4 is 23.6 Å². The van der Waals surface area contributed by atoms with Crippen molar-refractivity contribution in [1.29, 1.82) is 0 Å². The van der Waals surface area contributed by atoms with Gasteiger partial charge in [-0.25, -0.2) is 0 Å². The molecule has 3 rings (SSSR count). The Labute approximate surface area is 109 Å². The van der Waals surface area contributed by atoms with Gasteiger partial charge in [-0.15, -0.1) is 11.3 Å². The van der Waals surface area contributed by atoms with Crippen LogP contribution in [0.2, 0.25) is 0 Å². The van der Waals surface area contributed by atoms with Crippen LogP contribution in [0, 0.1) is 3.95 Å². The van der Waals surface area contributed by atoms with Crippen LogP contribution in [0.25, 0.3) is 10.4 Å². The molecule has 88 valence electrons. The minimum absolute atomic E-state index is 0.143. The van der Waals surface area contributed by atoms with Crippen molar-refractivity contribution in [3.63, 3.8) is 0 Å². The molecule has 1 aromatic heterocycles. The first kappa shape index (κ1) is 11.0. The molecule has 0 aliphatic heterocycles. The first-order valence-corrected chi connectivity index (χ1v) is 6.89. The average molecular weight is 263 g/mol. The zero-order valence-corrected chi connectivity index (χ0v) is 11.4. The van der Waals surface area contributed by atoms with E-state index in [0.717, 1.165) is 10.4 Å². The summed E-state index contributed by atoms with van der Waals surface area (Å²) in [5.41, 5.74) is 3.88. The minimum atomic E-state index is 0.143. The van der Waals surface area contributed by atoms with E-state index in [1.54, 1.807) is 11.3 Å². The third-order valence-corrected chi connectivity index (χ3v) is 4.21. The number of nitrogens with zero attached hydrogens (tertiary/aromatic N) is 1. The van der Waals surface area contributed by atoms with Gasteiger partial charge in [0.2, 0.25) is 0 Å². The summed E-state index contributed by atoms with van der Waals surface area (Å²) in [5.74, 6) is 0. The molecule has 0 spiro atoms. The zero-order valence-electron chi connectivity index (χ0n) is 9.77. The largest absolute Gasteiger partial charge is 0.409 e. The van der Waals surface area contributed by atoms with Crippen molar-refractivity contribution in [1.82, 2.24) is 4.73 Å². The van der Waals surface area contributed by atoms with Gasteiger partial charge >= 0.3 is 0 Å². The lowest BCUT2D eigenvalue weighted by Gasteiger charge is -2.11. The monoisotopic (exact) mass is 263 g/mol. The number of benzene rings is 1. The maximum atomic E-state index is 5.78. The van der Waals surface area contributed by atoms with Crippen LogP contribution in [0.4, 0.5) is 0 Å². The summed E-state index contributed by atoms with van der Waals surface area (Å²) in [6.07, 6.45) is 1.06. The first-order valence-electron chi connectivity index (χ1n) is 5.67. The Kier molecular flexibility index (Phi) is 2.56. The summed E-state index contributed by atoms with van der Waals surface area (Å²) < 4.78 is 2.64. The van der Waals surface area contributed by atoms with E-state index in [1.807, 2.05) is 18.6 Å². The van der Waals surface area contributed by atoms with Gasteiger partial charge in [-0.1, -0.05) is 24.3 Å². The molecular weight excluding hydrogens is 250 g/mol. The predicted octanol–water partition coefficient (Wildman–Crippen LogP) is 3.69. The molecule has 1 heterocycles. The van der Waals surface area contributed by atoms with Crippen LogP contribution in [0.5, 0.6) is 0 Å². The SMILES string of the molecule is CC(C)On1c2c(sc1=S)-c1ccccc1C2. The number of hydrogen-bond donors (Lipinski definition) is 0. The van der Waals surface area contributed by atoms with Crippen LogP contribution < -0.4 is 4.84 Å². The molecule has 4 heteroatoms. The van der Waals surface area contributed by atoms with E-state index in [9.17, 15) is 0 Å². The van der Waals surface area contributed by atoms with Gasteiger partial charge < -0.3 is 4.84 Å². The number of hydrogen-bond acceptors (Lipinski definition) is 3. The Hall–Kier alpha value is -1.13. The quantitative estimate of drug-likeness (QED) is 0.655. The van der Waals surface area contributed by atoms with Crippen LogP contribution in [0.15, 0.2) is 24.3 Å². The Morgan fingerprint density at radius 1 is 1.35 bits per heavy atom. The number of aromatic nitrogens is 1. The van der Waals surface area contributed by atoms with Crippen LogP contribution in [-0.4, -0.2) is 10.8 Å². The van der Waals surface area contributed by atoms with Crippen molar-refractivity contribution in [2.75, 3.05) is 0 Å². The van der Waals surface area contributed by atoms with Gasteiger partial charge in [0.05, 0.1) is 10.6 Å². The van der Waals surface area contributed by atoms with Gasteiger partial charge in [-0.05, 0) is 37.2 Å². The van der Waals surface area contributed by atoms with Gasteiger partial charge in [0.15, 0.2) is 3.95 Å². The van der Waals surface area contributed by atoms with Gasteiger partial charge in [0.1, 0.15) is 6.10 Å². The number of rotatable bonds is 2. The van der Waals surface area contributed by atoms with Crippen LogP contribution >= 0.6 is 23.6 Å². The van der Waals surface area contributed by atoms with Crippen molar-refractivity contribution in [2.24, 2.45) is 0 Å². The minimum Gasteiger partial charge on any atom is -0.409 e. The fourth-order valence-electron chi connectivity index (χ4n) is 2.15. The Morgan fingerprint density at radius 2 is 2.12 bits per heavy atom. The molecular formula is C13H13NOS2. The Bertz CT molecular complexity index is 625. The Balaban J connectivity index is 2.15. The second-order valence-electron chi connectivity index (χ2n) is 4.43. The second-order valence-corrected chi connectivity index (χ2v) is 6.07. The molecule has 1 aromatic carbocycles. The van der Waals surface area contributed by atoms with Crippen molar-refractivity contribution in [2.45, 2.75) is 26.4 Å². The standard InChI is InChI=1S/C13H13NOS2/c1-8(2)15-14-11-7-9-5-3-4-6-10(9)12(11)17-13(14)16/h3-6,8H,7H2,1-2H3. The highest BCUT2D eigenvalue weighted by molar-refractivity contribution is 7.73. The third kappa shape index (κ3) is 1.72. The molecule has 0 bridgehead atoms. The lowest BCUT2D eigenvalue weighted by atomic mass is 10.1. The highest BCUT2D eigenvalue weighted by Crippen LogP contribution is 2.40.